The van der Waals surface area contributed by atoms with Crippen LogP contribution in [-0.4, -0.2) is 48.4 Å². The number of fused-ring (bicyclic) bond motifs is 1. The quantitative estimate of drug-likeness (QED) is 0.551. The van der Waals surface area contributed by atoms with E-state index < -0.39 is 16.0 Å². The van der Waals surface area contributed by atoms with Crippen LogP contribution in [0.1, 0.15) is 35.3 Å². The van der Waals surface area contributed by atoms with Gasteiger partial charge in [0.2, 0.25) is 10.0 Å². The number of hydrogen-bond donors (Lipinski definition) is 0. The highest BCUT2D eigenvalue weighted by atomic mass is 32.2. The van der Waals surface area contributed by atoms with Gasteiger partial charge in [-0.2, -0.15) is 9.57 Å². The van der Waals surface area contributed by atoms with Crippen molar-refractivity contribution in [2.45, 2.75) is 37.6 Å². The summed E-state index contributed by atoms with van der Waals surface area (Å²) in [6.45, 7) is 4.17. The van der Waals surface area contributed by atoms with Gasteiger partial charge < -0.3 is 13.9 Å². The number of nitriles is 1. The minimum atomic E-state index is -3.69. The Kier molecular flexibility index (Phi) is 6.02. The van der Waals surface area contributed by atoms with E-state index in [-0.39, 0.29) is 42.4 Å². The number of pyridine rings is 1. The lowest BCUT2D eigenvalue weighted by atomic mass is 10.2. The van der Waals surface area contributed by atoms with E-state index in [1.807, 2.05) is 38.2 Å². The van der Waals surface area contributed by atoms with Gasteiger partial charge in [0.25, 0.3) is 0 Å². The second kappa shape index (κ2) is 8.74. The van der Waals surface area contributed by atoms with Crippen LogP contribution >= 0.6 is 0 Å². The summed E-state index contributed by atoms with van der Waals surface area (Å²) < 4.78 is 40.1. The molecule has 1 aromatic carbocycles. The van der Waals surface area contributed by atoms with Gasteiger partial charge in [0, 0.05) is 31.0 Å². The summed E-state index contributed by atoms with van der Waals surface area (Å²) in [5, 5.41) is 9.46. The predicted molar refractivity (Wildman–Crippen MR) is 116 cm³/mol. The fourth-order valence-electron chi connectivity index (χ4n) is 3.88. The molecule has 3 heterocycles. The first kappa shape index (κ1) is 22.0. The number of carbonyl (C=O) groups is 1. The number of carbonyl (C=O) groups excluding carboxylic acids is 1. The molecule has 0 aliphatic carbocycles. The Morgan fingerprint density at radius 3 is 2.50 bits per heavy atom. The average molecular weight is 454 g/mol. The van der Waals surface area contributed by atoms with Crippen molar-refractivity contribution in [1.82, 2.24) is 8.71 Å². The molecule has 4 rings (SSSR count). The lowest BCUT2D eigenvalue weighted by Gasteiger charge is -2.34. The molecule has 32 heavy (non-hydrogen) atoms. The Labute approximate surface area is 186 Å². The van der Waals surface area contributed by atoms with Crippen molar-refractivity contribution < 1.29 is 22.7 Å². The zero-order valence-electron chi connectivity index (χ0n) is 17.8. The Hall–Kier alpha value is -3.19. The molecule has 3 aromatic rings. The number of hydrogen-bond acceptors (Lipinski definition) is 6. The highest BCUT2D eigenvalue weighted by molar-refractivity contribution is 7.89. The average Bonchev–Trinajstić information content (AvgIpc) is 3.14. The van der Waals surface area contributed by atoms with Crippen molar-refractivity contribution in [3.63, 3.8) is 0 Å². The van der Waals surface area contributed by atoms with Crippen LogP contribution in [0.25, 0.3) is 5.52 Å². The number of ether oxygens (including phenoxy) is 2. The van der Waals surface area contributed by atoms with Crippen molar-refractivity contribution in [2.24, 2.45) is 0 Å². The lowest BCUT2D eigenvalue weighted by Crippen LogP contribution is -2.48. The Bertz CT molecular complexity index is 1280. The van der Waals surface area contributed by atoms with Crippen LogP contribution in [0.15, 0.2) is 59.8 Å². The molecule has 2 atom stereocenters. The highest BCUT2D eigenvalue weighted by Gasteiger charge is 2.32. The van der Waals surface area contributed by atoms with Crippen molar-refractivity contribution in [3.05, 3.63) is 71.5 Å². The first-order chi connectivity index (χ1) is 15.3. The van der Waals surface area contributed by atoms with E-state index in [1.165, 1.54) is 28.6 Å². The molecule has 0 bridgehead atoms. The molecule has 1 saturated heterocycles. The van der Waals surface area contributed by atoms with E-state index in [4.69, 9.17) is 9.47 Å². The normalized spacial score (nSPS) is 19.5. The molecule has 166 valence electrons. The second-order valence-corrected chi connectivity index (χ2v) is 9.75. The molecule has 9 heteroatoms. The summed E-state index contributed by atoms with van der Waals surface area (Å²) in [7, 11) is -3.69. The van der Waals surface area contributed by atoms with Gasteiger partial charge in [-0.25, -0.2) is 13.2 Å². The molecule has 0 spiro atoms. The second-order valence-electron chi connectivity index (χ2n) is 7.81. The van der Waals surface area contributed by atoms with E-state index in [0.717, 1.165) is 5.52 Å². The maximum atomic E-state index is 12.9. The largest absolute Gasteiger partial charge is 0.457 e. The third-order valence-electron chi connectivity index (χ3n) is 5.35. The summed E-state index contributed by atoms with van der Waals surface area (Å²) in [4.78, 5) is 12.6. The smallest absolute Gasteiger partial charge is 0.338 e. The van der Waals surface area contributed by atoms with Gasteiger partial charge >= 0.3 is 5.97 Å². The minimum Gasteiger partial charge on any atom is -0.457 e. The van der Waals surface area contributed by atoms with Crippen LogP contribution in [-0.2, 0) is 26.1 Å². The fraction of sp³-hybridized carbons (Fsp3) is 0.304. The number of benzene rings is 1. The molecule has 0 unspecified atom stereocenters. The van der Waals surface area contributed by atoms with Crippen LogP contribution in [0.3, 0.4) is 0 Å². The lowest BCUT2D eigenvalue weighted by molar-refractivity contribution is -0.0440. The standard InChI is InChI=1S/C23H23N3O5S/c1-16-12-26(13-17(2)31-16)32(28,29)20-8-6-18(7-9-20)23(27)30-15-19-14-25-10-4-3-5-22(25)21(19)11-24/h3-10,14,16-17H,12-13,15H2,1-2H3/t16-,17-/m1/s1. The number of sulfonamides is 1. The van der Waals surface area contributed by atoms with E-state index in [2.05, 4.69) is 6.07 Å². The van der Waals surface area contributed by atoms with Crippen LogP contribution in [0.5, 0.6) is 0 Å². The zero-order chi connectivity index (χ0) is 22.9. The van der Waals surface area contributed by atoms with Crippen LogP contribution in [0.2, 0.25) is 0 Å². The minimum absolute atomic E-state index is 0.0625. The summed E-state index contributed by atoms with van der Waals surface area (Å²) >= 11 is 0. The summed E-state index contributed by atoms with van der Waals surface area (Å²) in [5.74, 6) is -0.596. The molecule has 0 radical (unpaired) electrons. The SMILES string of the molecule is C[C@@H]1CN(S(=O)(=O)c2ccc(C(=O)OCc3cn4ccccc4c3C#N)cc2)C[C@@H](C)O1. The monoisotopic (exact) mass is 453 g/mol. The van der Waals surface area contributed by atoms with E-state index in [9.17, 15) is 18.5 Å². The molecular weight excluding hydrogens is 430 g/mol. The van der Waals surface area contributed by atoms with Gasteiger partial charge in [-0.3, -0.25) is 0 Å². The molecule has 2 aromatic heterocycles. The number of esters is 1. The first-order valence-corrected chi connectivity index (χ1v) is 11.6. The molecule has 1 fully saturated rings. The highest BCUT2D eigenvalue weighted by Crippen LogP contribution is 2.22. The molecule has 0 N–H and O–H groups in total. The summed E-state index contributed by atoms with van der Waals surface area (Å²) in [5.41, 5.74) is 2.02. The van der Waals surface area contributed by atoms with Crippen molar-refractivity contribution in [3.8, 4) is 6.07 Å². The third-order valence-corrected chi connectivity index (χ3v) is 7.19. The Morgan fingerprint density at radius 1 is 1.16 bits per heavy atom. The third kappa shape index (κ3) is 4.25. The van der Waals surface area contributed by atoms with Gasteiger partial charge in [-0.05, 0) is 50.2 Å². The van der Waals surface area contributed by atoms with Gasteiger partial charge in [0.05, 0.1) is 33.7 Å². The number of aromatic nitrogens is 1. The van der Waals surface area contributed by atoms with Gasteiger partial charge in [0.15, 0.2) is 0 Å². The Morgan fingerprint density at radius 2 is 1.84 bits per heavy atom. The van der Waals surface area contributed by atoms with Crippen molar-refractivity contribution in [2.75, 3.05) is 13.1 Å². The molecule has 0 saturated carbocycles. The molecule has 1 aliphatic heterocycles. The molecule has 8 nitrogen and oxygen atoms in total. The summed E-state index contributed by atoms with van der Waals surface area (Å²) in [6, 6.07) is 13.3. The molecule has 0 amide bonds. The topological polar surface area (TPSA) is 101 Å². The first-order valence-electron chi connectivity index (χ1n) is 10.2. The Balaban J connectivity index is 1.46. The van der Waals surface area contributed by atoms with Crippen molar-refractivity contribution in [1.29, 1.82) is 5.26 Å². The molecular formula is C23H23N3O5S. The van der Waals surface area contributed by atoms with Gasteiger partial charge in [-0.15, -0.1) is 0 Å². The molecule has 1 aliphatic rings. The zero-order valence-corrected chi connectivity index (χ0v) is 18.6. The van der Waals surface area contributed by atoms with E-state index in [1.54, 1.807) is 10.6 Å². The van der Waals surface area contributed by atoms with E-state index >= 15 is 0 Å². The maximum Gasteiger partial charge on any atom is 0.338 e. The van der Waals surface area contributed by atoms with Gasteiger partial charge in [-0.1, -0.05) is 6.07 Å². The number of morpholine rings is 1. The van der Waals surface area contributed by atoms with E-state index in [0.29, 0.717) is 11.1 Å². The van der Waals surface area contributed by atoms with Crippen LogP contribution in [0, 0.1) is 11.3 Å². The summed E-state index contributed by atoms with van der Waals surface area (Å²) in [6.07, 6.45) is 3.19. The van der Waals surface area contributed by atoms with Crippen LogP contribution < -0.4 is 0 Å². The van der Waals surface area contributed by atoms with Crippen LogP contribution in [0.4, 0.5) is 0 Å². The fourth-order valence-corrected chi connectivity index (χ4v) is 5.47. The van der Waals surface area contributed by atoms with Crippen molar-refractivity contribution >= 4 is 21.5 Å². The number of rotatable bonds is 5. The van der Waals surface area contributed by atoms with Gasteiger partial charge in [0.1, 0.15) is 12.7 Å². The number of nitrogens with zero attached hydrogens (tertiary/aromatic N) is 3. The predicted octanol–water partition coefficient (Wildman–Crippen LogP) is 2.97. The maximum absolute atomic E-state index is 12.9.